The molecule has 0 atom stereocenters. The molecule has 0 saturated heterocycles. The maximum Gasteiger partial charge on any atom is 0.268 e. The van der Waals surface area contributed by atoms with E-state index in [0.29, 0.717) is 5.95 Å². The predicted octanol–water partition coefficient (Wildman–Crippen LogP) is 3.19. The lowest BCUT2D eigenvalue weighted by Gasteiger charge is -2.00. The standard InChI is InChI=1S/C13H11N3OS/c1-8-9-4-2-3-5-10(9)18-11(8)12(17)16-13-14-6-7-15-13/h2-7H,1H3,(H2,14,15,16,17). The summed E-state index contributed by atoms with van der Waals surface area (Å²) in [7, 11) is 0. The third-order valence-electron chi connectivity index (χ3n) is 2.78. The van der Waals surface area contributed by atoms with E-state index < -0.39 is 0 Å². The van der Waals surface area contributed by atoms with E-state index in [9.17, 15) is 4.79 Å². The molecule has 2 aromatic heterocycles. The summed E-state index contributed by atoms with van der Waals surface area (Å²) in [5.41, 5.74) is 1.01. The van der Waals surface area contributed by atoms with Gasteiger partial charge in [0.25, 0.3) is 5.91 Å². The molecule has 3 rings (SSSR count). The number of fused-ring (bicyclic) bond motifs is 1. The van der Waals surface area contributed by atoms with E-state index in [-0.39, 0.29) is 5.91 Å². The van der Waals surface area contributed by atoms with Gasteiger partial charge in [0.1, 0.15) is 0 Å². The number of nitrogens with one attached hydrogen (secondary N) is 2. The van der Waals surface area contributed by atoms with E-state index in [4.69, 9.17) is 0 Å². The van der Waals surface area contributed by atoms with Crippen LogP contribution in [0.15, 0.2) is 36.7 Å². The fourth-order valence-corrected chi connectivity index (χ4v) is 2.99. The Morgan fingerprint density at radius 2 is 2.22 bits per heavy atom. The minimum absolute atomic E-state index is 0.122. The summed E-state index contributed by atoms with van der Waals surface area (Å²) in [4.78, 5) is 19.7. The van der Waals surface area contributed by atoms with Gasteiger partial charge in [-0.1, -0.05) is 18.2 Å². The van der Waals surface area contributed by atoms with Crippen LogP contribution in [0.25, 0.3) is 10.1 Å². The van der Waals surface area contributed by atoms with Crippen LogP contribution in [0.4, 0.5) is 5.95 Å². The minimum Gasteiger partial charge on any atom is -0.331 e. The zero-order valence-corrected chi connectivity index (χ0v) is 10.5. The molecule has 90 valence electrons. The number of H-pyrrole nitrogens is 1. The first kappa shape index (κ1) is 11.0. The Balaban J connectivity index is 1.99. The topological polar surface area (TPSA) is 57.8 Å². The molecule has 0 aliphatic rings. The average molecular weight is 257 g/mol. The molecule has 1 aromatic carbocycles. The third kappa shape index (κ3) is 1.78. The van der Waals surface area contributed by atoms with Crippen molar-refractivity contribution in [2.45, 2.75) is 6.92 Å². The van der Waals surface area contributed by atoms with Crippen molar-refractivity contribution in [2.24, 2.45) is 0 Å². The third-order valence-corrected chi connectivity index (χ3v) is 4.05. The van der Waals surface area contributed by atoms with Gasteiger partial charge in [0, 0.05) is 17.1 Å². The van der Waals surface area contributed by atoms with E-state index >= 15 is 0 Å². The van der Waals surface area contributed by atoms with Gasteiger partial charge in [-0.2, -0.15) is 0 Å². The van der Waals surface area contributed by atoms with Crippen LogP contribution in [0.1, 0.15) is 15.2 Å². The van der Waals surface area contributed by atoms with Crippen molar-refractivity contribution in [3.8, 4) is 0 Å². The molecule has 2 N–H and O–H groups in total. The molecule has 0 bridgehead atoms. The fraction of sp³-hybridized carbons (Fsp3) is 0.0769. The Morgan fingerprint density at radius 1 is 1.39 bits per heavy atom. The molecular weight excluding hydrogens is 246 g/mol. The van der Waals surface area contributed by atoms with Gasteiger partial charge in [-0.3, -0.25) is 10.1 Å². The monoisotopic (exact) mass is 257 g/mol. The van der Waals surface area contributed by atoms with Gasteiger partial charge in [-0.05, 0) is 23.9 Å². The van der Waals surface area contributed by atoms with Gasteiger partial charge in [0.05, 0.1) is 4.88 Å². The number of benzene rings is 1. The van der Waals surface area contributed by atoms with E-state index in [1.165, 1.54) is 11.3 Å². The second-order valence-corrected chi connectivity index (χ2v) is 5.00. The number of aromatic nitrogens is 2. The molecule has 3 aromatic rings. The van der Waals surface area contributed by atoms with Crippen LogP contribution in [-0.2, 0) is 0 Å². The maximum absolute atomic E-state index is 12.1. The SMILES string of the molecule is Cc1c(C(=O)Nc2ncc[nH]2)sc2ccccc12. The first-order valence-electron chi connectivity index (χ1n) is 5.54. The summed E-state index contributed by atoms with van der Waals surface area (Å²) in [6, 6.07) is 8.02. The normalized spacial score (nSPS) is 10.7. The Labute approximate surface area is 108 Å². The van der Waals surface area contributed by atoms with Gasteiger partial charge < -0.3 is 4.98 Å². The Hall–Kier alpha value is -2.14. The van der Waals surface area contributed by atoms with E-state index in [1.807, 2.05) is 31.2 Å². The molecule has 2 heterocycles. The highest BCUT2D eigenvalue weighted by molar-refractivity contribution is 7.21. The van der Waals surface area contributed by atoms with E-state index in [0.717, 1.165) is 20.5 Å². The summed E-state index contributed by atoms with van der Waals surface area (Å²) in [5, 5.41) is 3.88. The Kier molecular flexibility index (Phi) is 2.60. The number of imidazole rings is 1. The van der Waals surface area contributed by atoms with Crippen LogP contribution in [-0.4, -0.2) is 15.9 Å². The number of amides is 1. The van der Waals surface area contributed by atoms with Crippen molar-refractivity contribution in [3.63, 3.8) is 0 Å². The van der Waals surface area contributed by atoms with Crippen molar-refractivity contribution in [1.29, 1.82) is 0 Å². The number of hydrogen-bond donors (Lipinski definition) is 2. The minimum atomic E-state index is -0.122. The molecule has 0 fully saturated rings. The number of carbonyl (C=O) groups excluding carboxylic acids is 1. The van der Waals surface area contributed by atoms with Gasteiger partial charge in [-0.25, -0.2) is 4.98 Å². The molecular formula is C13H11N3OS. The highest BCUT2D eigenvalue weighted by Gasteiger charge is 2.15. The van der Waals surface area contributed by atoms with Crippen LogP contribution >= 0.6 is 11.3 Å². The Bertz CT molecular complexity index is 700. The highest BCUT2D eigenvalue weighted by atomic mass is 32.1. The van der Waals surface area contributed by atoms with Crippen LogP contribution in [0.3, 0.4) is 0 Å². The van der Waals surface area contributed by atoms with Crippen LogP contribution in [0.5, 0.6) is 0 Å². The predicted molar refractivity (Wildman–Crippen MR) is 73.1 cm³/mol. The number of carbonyl (C=O) groups is 1. The average Bonchev–Trinajstić information content (AvgIpc) is 2.98. The van der Waals surface area contributed by atoms with Crippen LogP contribution < -0.4 is 5.32 Å². The number of thiophene rings is 1. The van der Waals surface area contributed by atoms with Crippen LogP contribution in [0, 0.1) is 6.92 Å². The molecule has 0 spiro atoms. The fourth-order valence-electron chi connectivity index (χ4n) is 1.89. The van der Waals surface area contributed by atoms with Gasteiger partial charge >= 0.3 is 0 Å². The largest absolute Gasteiger partial charge is 0.331 e. The second-order valence-electron chi connectivity index (χ2n) is 3.94. The smallest absolute Gasteiger partial charge is 0.268 e. The Morgan fingerprint density at radius 3 is 2.94 bits per heavy atom. The van der Waals surface area contributed by atoms with Crippen molar-refractivity contribution in [3.05, 3.63) is 47.1 Å². The lowest BCUT2D eigenvalue weighted by molar-refractivity contribution is 0.102. The number of aromatic amines is 1. The number of rotatable bonds is 2. The first-order chi connectivity index (χ1) is 8.75. The summed E-state index contributed by atoms with van der Waals surface area (Å²) < 4.78 is 1.12. The number of anilines is 1. The molecule has 0 unspecified atom stereocenters. The van der Waals surface area contributed by atoms with Crippen molar-refractivity contribution < 1.29 is 4.79 Å². The molecule has 0 radical (unpaired) electrons. The van der Waals surface area contributed by atoms with Gasteiger partial charge in [0.15, 0.2) is 0 Å². The lowest BCUT2D eigenvalue weighted by atomic mass is 10.1. The van der Waals surface area contributed by atoms with Crippen LogP contribution in [0.2, 0.25) is 0 Å². The number of nitrogens with zero attached hydrogens (tertiary/aromatic N) is 1. The molecule has 1 amide bonds. The van der Waals surface area contributed by atoms with Crippen molar-refractivity contribution in [2.75, 3.05) is 5.32 Å². The molecule has 5 heteroatoms. The van der Waals surface area contributed by atoms with E-state index in [1.54, 1.807) is 12.4 Å². The summed E-state index contributed by atoms with van der Waals surface area (Å²) in [6.45, 7) is 1.97. The van der Waals surface area contributed by atoms with Gasteiger partial charge in [-0.15, -0.1) is 11.3 Å². The van der Waals surface area contributed by atoms with Crippen molar-refractivity contribution in [1.82, 2.24) is 9.97 Å². The summed E-state index contributed by atoms with van der Waals surface area (Å²) in [5.74, 6) is 0.348. The van der Waals surface area contributed by atoms with Gasteiger partial charge in [0.2, 0.25) is 5.95 Å². The molecule has 0 saturated carbocycles. The first-order valence-corrected chi connectivity index (χ1v) is 6.36. The van der Waals surface area contributed by atoms with Crippen molar-refractivity contribution >= 4 is 33.3 Å². The molecule has 4 nitrogen and oxygen atoms in total. The number of aryl methyl sites for hydroxylation is 1. The zero-order valence-electron chi connectivity index (χ0n) is 9.73. The molecule has 18 heavy (non-hydrogen) atoms. The van der Waals surface area contributed by atoms with E-state index in [2.05, 4.69) is 15.3 Å². The highest BCUT2D eigenvalue weighted by Crippen LogP contribution is 2.30. The zero-order chi connectivity index (χ0) is 12.5. The summed E-state index contributed by atoms with van der Waals surface area (Å²) in [6.07, 6.45) is 3.28. The molecule has 0 aliphatic carbocycles. The molecule has 0 aliphatic heterocycles. The summed E-state index contributed by atoms with van der Waals surface area (Å²) >= 11 is 1.50. The second kappa shape index (κ2) is 4.27. The number of hydrogen-bond acceptors (Lipinski definition) is 3. The lowest BCUT2D eigenvalue weighted by Crippen LogP contribution is -2.12. The maximum atomic E-state index is 12.1. The quantitative estimate of drug-likeness (QED) is 0.740.